The molecule has 0 saturated heterocycles. The molecule has 0 aromatic heterocycles. The van der Waals surface area contributed by atoms with Crippen LogP contribution in [0, 0.1) is 5.92 Å². The maximum atomic E-state index is 12.5. The van der Waals surface area contributed by atoms with E-state index >= 15 is 0 Å². The zero-order valence-electron chi connectivity index (χ0n) is 16.1. The number of thioether (sulfide) groups is 1. The Balaban J connectivity index is 1.85. The molecule has 0 bridgehead atoms. The quantitative estimate of drug-likeness (QED) is 0.465. The average Bonchev–Trinajstić information content (AvgIpc) is 3.23. The second-order valence-corrected chi connectivity index (χ2v) is 9.53. The molecular formula is C19H29N3O4S2. The molecule has 0 spiro atoms. The van der Waals surface area contributed by atoms with E-state index in [4.69, 9.17) is 0 Å². The molecule has 0 radical (unpaired) electrons. The summed E-state index contributed by atoms with van der Waals surface area (Å²) in [6.07, 6.45) is 6.32. The van der Waals surface area contributed by atoms with Crippen molar-refractivity contribution >= 4 is 33.6 Å². The molecule has 0 aliphatic heterocycles. The van der Waals surface area contributed by atoms with E-state index in [1.165, 1.54) is 12.1 Å². The van der Waals surface area contributed by atoms with Gasteiger partial charge < -0.3 is 10.6 Å². The van der Waals surface area contributed by atoms with Crippen LogP contribution in [-0.2, 0) is 19.6 Å². The monoisotopic (exact) mass is 427 g/mol. The van der Waals surface area contributed by atoms with E-state index < -0.39 is 16.1 Å². The normalized spacial score (nSPS) is 15.9. The second kappa shape index (κ2) is 11.4. The molecule has 9 heteroatoms. The van der Waals surface area contributed by atoms with Gasteiger partial charge in [0.1, 0.15) is 6.04 Å². The number of hydrogen-bond donors (Lipinski definition) is 3. The standard InChI is InChI=1S/C19H29N3O4S2/c1-27-14-11-17(22-28(25,26)16-9-3-2-4-10-16)19(24)21-13-12-20-18(23)15-7-5-6-8-15/h2-4,9-10,15,17,22H,5-8,11-14H2,1H3,(H,20,23)(H,21,24). The summed E-state index contributed by atoms with van der Waals surface area (Å²) in [6.45, 7) is 0.599. The Hall–Kier alpha value is -1.58. The van der Waals surface area contributed by atoms with Crippen molar-refractivity contribution in [2.45, 2.75) is 43.0 Å². The summed E-state index contributed by atoms with van der Waals surface area (Å²) in [5.74, 6) is 0.384. The summed E-state index contributed by atoms with van der Waals surface area (Å²) in [5, 5.41) is 5.56. The molecule has 1 aliphatic rings. The Morgan fingerprint density at radius 3 is 2.39 bits per heavy atom. The van der Waals surface area contributed by atoms with Crippen molar-refractivity contribution in [2.75, 3.05) is 25.1 Å². The van der Waals surface area contributed by atoms with E-state index in [0.29, 0.717) is 18.7 Å². The number of hydrogen-bond acceptors (Lipinski definition) is 5. The van der Waals surface area contributed by atoms with Crippen LogP contribution in [0.4, 0.5) is 0 Å². The highest BCUT2D eigenvalue weighted by atomic mass is 32.2. The van der Waals surface area contributed by atoms with E-state index in [1.54, 1.807) is 30.0 Å². The first kappa shape index (κ1) is 22.7. The van der Waals surface area contributed by atoms with Gasteiger partial charge in [-0.15, -0.1) is 0 Å². The van der Waals surface area contributed by atoms with Crippen molar-refractivity contribution in [3.8, 4) is 0 Å². The molecule has 1 aromatic rings. The summed E-state index contributed by atoms with van der Waals surface area (Å²) in [4.78, 5) is 24.6. The first-order chi connectivity index (χ1) is 13.4. The lowest BCUT2D eigenvalue weighted by Crippen LogP contribution is -2.48. The van der Waals surface area contributed by atoms with Crippen LogP contribution >= 0.6 is 11.8 Å². The van der Waals surface area contributed by atoms with E-state index in [-0.39, 0.29) is 29.2 Å². The van der Waals surface area contributed by atoms with Crippen LogP contribution in [0.25, 0.3) is 0 Å². The largest absolute Gasteiger partial charge is 0.354 e. The molecular weight excluding hydrogens is 398 g/mol. The van der Waals surface area contributed by atoms with Gasteiger partial charge in [0.15, 0.2) is 0 Å². The highest BCUT2D eigenvalue weighted by Crippen LogP contribution is 2.24. The van der Waals surface area contributed by atoms with E-state index in [9.17, 15) is 18.0 Å². The molecule has 28 heavy (non-hydrogen) atoms. The first-order valence-corrected chi connectivity index (χ1v) is 12.4. The van der Waals surface area contributed by atoms with Gasteiger partial charge in [-0.05, 0) is 43.4 Å². The van der Waals surface area contributed by atoms with Crippen LogP contribution in [0.2, 0.25) is 0 Å². The molecule has 1 fully saturated rings. The molecule has 156 valence electrons. The SMILES string of the molecule is CSCCC(NS(=O)(=O)c1ccccc1)C(=O)NCCNC(=O)C1CCCC1. The maximum absolute atomic E-state index is 12.5. The number of benzene rings is 1. The Morgan fingerprint density at radius 2 is 1.75 bits per heavy atom. The van der Waals surface area contributed by atoms with Crippen molar-refractivity contribution < 1.29 is 18.0 Å². The van der Waals surface area contributed by atoms with Crippen molar-refractivity contribution in [3.63, 3.8) is 0 Å². The fraction of sp³-hybridized carbons (Fsp3) is 0.579. The van der Waals surface area contributed by atoms with Crippen molar-refractivity contribution in [2.24, 2.45) is 5.92 Å². The van der Waals surface area contributed by atoms with Gasteiger partial charge >= 0.3 is 0 Å². The highest BCUT2D eigenvalue weighted by Gasteiger charge is 2.25. The smallest absolute Gasteiger partial charge is 0.241 e. The van der Waals surface area contributed by atoms with Crippen LogP contribution in [0.15, 0.2) is 35.2 Å². The second-order valence-electron chi connectivity index (χ2n) is 6.83. The average molecular weight is 428 g/mol. The fourth-order valence-corrected chi connectivity index (χ4v) is 4.88. The lowest BCUT2D eigenvalue weighted by molar-refractivity contribution is -0.125. The number of sulfonamides is 1. The number of carbonyl (C=O) groups is 2. The number of nitrogens with one attached hydrogen (secondary N) is 3. The van der Waals surface area contributed by atoms with Crippen LogP contribution < -0.4 is 15.4 Å². The van der Waals surface area contributed by atoms with Crippen LogP contribution in [0.3, 0.4) is 0 Å². The van der Waals surface area contributed by atoms with Crippen LogP contribution in [0.1, 0.15) is 32.1 Å². The van der Waals surface area contributed by atoms with Gasteiger partial charge in [-0.25, -0.2) is 8.42 Å². The van der Waals surface area contributed by atoms with Gasteiger partial charge in [0.2, 0.25) is 21.8 Å². The minimum absolute atomic E-state index is 0.0375. The zero-order valence-corrected chi connectivity index (χ0v) is 17.8. The maximum Gasteiger partial charge on any atom is 0.241 e. The number of rotatable bonds is 11. The number of amides is 2. The van der Waals surface area contributed by atoms with E-state index in [2.05, 4.69) is 15.4 Å². The van der Waals surface area contributed by atoms with Crippen LogP contribution in [0.5, 0.6) is 0 Å². The lowest BCUT2D eigenvalue weighted by atomic mass is 10.1. The Bertz CT molecular complexity index is 735. The predicted octanol–water partition coefficient (Wildman–Crippen LogP) is 1.51. The predicted molar refractivity (Wildman–Crippen MR) is 112 cm³/mol. The summed E-state index contributed by atoms with van der Waals surface area (Å²) < 4.78 is 27.5. The summed E-state index contributed by atoms with van der Waals surface area (Å²) >= 11 is 1.54. The minimum Gasteiger partial charge on any atom is -0.354 e. The molecule has 2 amide bonds. The van der Waals surface area contributed by atoms with Crippen molar-refractivity contribution in [3.05, 3.63) is 30.3 Å². The molecule has 3 N–H and O–H groups in total. The Kier molecular flexibility index (Phi) is 9.27. The fourth-order valence-electron chi connectivity index (χ4n) is 3.16. The topological polar surface area (TPSA) is 104 Å². The van der Waals surface area contributed by atoms with Gasteiger partial charge in [0, 0.05) is 19.0 Å². The van der Waals surface area contributed by atoms with Gasteiger partial charge in [-0.2, -0.15) is 16.5 Å². The first-order valence-electron chi connectivity index (χ1n) is 9.56. The van der Waals surface area contributed by atoms with Crippen LogP contribution in [-0.4, -0.2) is 51.4 Å². The Morgan fingerprint density at radius 1 is 1.11 bits per heavy atom. The van der Waals surface area contributed by atoms with Gasteiger partial charge in [-0.1, -0.05) is 31.0 Å². The van der Waals surface area contributed by atoms with Crippen molar-refractivity contribution in [1.29, 1.82) is 0 Å². The summed E-state index contributed by atoms with van der Waals surface area (Å²) in [5.41, 5.74) is 0. The Labute approximate surface area is 171 Å². The third kappa shape index (κ3) is 7.10. The lowest BCUT2D eigenvalue weighted by Gasteiger charge is -2.18. The molecule has 1 saturated carbocycles. The molecule has 1 aromatic carbocycles. The van der Waals surface area contributed by atoms with E-state index in [0.717, 1.165) is 25.7 Å². The van der Waals surface area contributed by atoms with Crippen molar-refractivity contribution in [1.82, 2.24) is 15.4 Å². The van der Waals surface area contributed by atoms with Gasteiger partial charge in [-0.3, -0.25) is 9.59 Å². The van der Waals surface area contributed by atoms with Gasteiger partial charge in [0.05, 0.1) is 4.90 Å². The third-order valence-electron chi connectivity index (χ3n) is 4.73. The summed E-state index contributed by atoms with van der Waals surface area (Å²) in [6, 6.07) is 7.13. The molecule has 1 aliphatic carbocycles. The molecule has 1 unspecified atom stereocenters. The molecule has 0 heterocycles. The zero-order chi connectivity index (χ0) is 20.4. The third-order valence-corrected chi connectivity index (χ3v) is 6.86. The minimum atomic E-state index is -3.78. The highest BCUT2D eigenvalue weighted by molar-refractivity contribution is 7.98. The summed E-state index contributed by atoms with van der Waals surface area (Å²) in [7, 11) is -3.78. The molecule has 1 atom stereocenters. The number of carbonyl (C=O) groups excluding carboxylic acids is 2. The van der Waals surface area contributed by atoms with E-state index in [1.807, 2.05) is 6.26 Å². The molecule has 2 rings (SSSR count). The van der Waals surface area contributed by atoms with Gasteiger partial charge in [0.25, 0.3) is 0 Å². The molecule has 7 nitrogen and oxygen atoms in total.